The number of rotatable bonds is 7. The second kappa shape index (κ2) is 7.07. The number of nitrogens with zero attached hydrogens (tertiary/aromatic N) is 2. The summed E-state index contributed by atoms with van der Waals surface area (Å²) in [5, 5.41) is 9.67. The molecule has 1 N–H and O–H groups in total. The molecular weight excluding hydrogens is 212 g/mol. The zero-order valence-electron chi connectivity index (χ0n) is 10.8. The Labute approximate surface area is 104 Å². The van der Waals surface area contributed by atoms with E-state index in [0.29, 0.717) is 6.42 Å². The van der Waals surface area contributed by atoms with Crippen molar-refractivity contribution in [1.82, 2.24) is 4.98 Å². The van der Waals surface area contributed by atoms with Gasteiger partial charge in [0.15, 0.2) is 0 Å². The maximum Gasteiger partial charge on any atom is 0.0957 e. The third-order valence-electron chi connectivity index (χ3n) is 2.71. The third kappa shape index (κ3) is 3.86. The average molecular weight is 234 g/mol. The van der Waals surface area contributed by atoms with Crippen LogP contribution in [-0.2, 0) is 0 Å². The maximum absolute atomic E-state index is 9.67. The summed E-state index contributed by atoms with van der Waals surface area (Å²) in [6.07, 6.45) is 5.05. The van der Waals surface area contributed by atoms with E-state index in [4.69, 9.17) is 0 Å². The van der Waals surface area contributed by atoms with Crippen LogP contribution in [-0.4, -0.2) is 23.2 Å². The minimum Gasteiger partial charge on any atom is -0.387 e. The van der Waals surface area contributed by atoms with Crippen LogP contribution in [0.25, 0.3) is 0 Å². The van der Waals surface area contributed by atoms with E-state index in [1.54, 1.807) is 0 Å². The van der Waals surface area contributed by atoms with Crippen LogP contribution in [0.2, 0.25) is 0 Å². The summed E-state index contributed by atoms with van der Waals surface area (Å²) in [5.41, 5.74) is 1.82. The molecule has 1 heterocycles. The van der Waals surface area contributed by atoms with Crippen molar-refractivity contribution in [3.63, 3.8) is 0 Å². The average Bonchev–Trinajstić information content (AvgIpc) is 2.38. The number of anilines is 1. The summed E-state index contributed by atoms with van der Waals surface area (Å²) in [6, 6.07) is 3.91. The summed E-state index contributed by atoms with van der Waals surface area (Å²) < 4.78 is 0. The molecule has 0 bridgehead atoms. The first-order valence-electron chi connectivity index (χ1n) is 6.22. The van der Waals surface area contributed by atoms with Gasteiger partial charge < -0.3 is 10.0 Å². The Morgan fingerprint density at radius 3 is 2.71 bits per heavy atom. The lowest BCUT2D eigenvalue weighted by Crippen LogP contribution is -2.24. The molecule has 3 heteroatoms. The van der Waals surface area contributed by atoms with Gasteiger partial charge in [-0.3, -0.25) is 4.98 Å². The largest absolute Gasteiger partial charge is 0.387 e. The Balaban J connectivity index is 2.79. The van der Waals surface area contributed by atoms with Gasteiger partial charge in [0.1, 0.15) is 0 Å². The molecule has 0 unspecified atom stereocenters. The van der Waals surface area contributed by atoms with Gasteiger partial charge in [-0.2, -0.15) is 0 Å². The Kier molecular flexibility index (Phi) is 5.70. The summed E-state index contributed by atoms with van der Waals surface area (Å²) >= 11 is 0. The third-order valence-corrected chi connectivity index (χ3v) is 2.71. The molecular formula is C14H22N2O. The van der Waals surface area contributed by atoms with Gasteiger partial charge in [-0.1, -0.05) is 19.9 Å². The van der Waals surface area contributed by atoms with Crippen molar-refractivity contribution < 1.29 is 5.11 Å². The molecule has 0 radical (unpaired) electrons. The van der Waals surface area contributed by atoms with Gasteiger partial charge in [0.2, 0.25) is 0 Å². The van der Waals surface area contributed by atoms with Gasteiger partial charge in [-0.05, 0) is 25.0 Å². The van der Waals surface area contributed by atoms with Crippen LogP contribution in [0.4, 0.5) is 5.69 Å². The molecule has 0 aliphatic rings. The van der Waals surface area contributed by atoms with Gasteiger partial charge >= 0.3 is 0 Å². The van der Waals surface area contributed by atoms with Crippen LogP contribution in [0.5, 0.6) is 0 Å². The van der Waals surface area contributed by atoms with Crippen molar-refractivity contribution in [3.05, 3.63) is 36.7 Å². The number of hydrogen-bond donors (Lipinski definition) is 1. The van der Waals surface area contributed by atoms with E-state index >= 15 is 0 Å². The van der Waals surface area contributed by atoms with E-state index in [0.717, 1.165) is 30.9 Å². The molecule has 3 nitrogen and oxygen atoms in total. The number of pyridine rings is 1. The van der Waals surface area contributed by atoms with Crippen LogP contribution in [0.1, 0.15) is 38.5 Å². The van der Waals surface area contributed by atoms with Crippen LogP contribution < -0.4 is 4.90 Å². The van der Waals surface area contributed by atoms with Crippen molar-refractivity contribution in [3.8, 4) is 0 Å². The summed E-state index contributed by atoms with van der Waals surface area (Å²) in [5.74, 6) is 0. The Morgan fingerprint density at radius 1 is 1.47 bits per heavy atom. The number of aliphatic hydroxyl groups excluding tert-OH is 1. The Morgan fingerprint density at radius 2 is 2.24 bits per heavy atom. The molecule has 0 aliphatic carbocycles. The Bertz CT molecular complexity index is 335. The normalized spacial score (nSPS) is 12.2. The summed E-state index contributed by atoms with van der Waals surface area (Å²) in [7, 11) is 0. The number of aromatic nitrogens is 1. The fourth-order valence-corrected chi connectivity index (χ4v) is 1.74. The van der Waals surface area contributed by atoms with Gasteiger partial charge in [0, 0.05) is 13.1 Å². The first kappa shape index (κ1) is 13.7. The second-order valence-electron chi connectivity index (χ2n) is 4.10. The predicted octanol–water partition coefficient (Wildman–Crippen LogP) is 2.93. The first-order valence-corrected chi connectivity index (χ1v) is 6.22. The minimum absolute atomic E-state index is 0.455. The molecule has 0 amide bonds. The number of hydrogen-bond acceptors (Lipinski definition) is 3. The molecule has 0 saturated heterocycles. The van der Waals surface area contributed by atoms with E-state index in [-0.39, 0.29) is 0 Å². The van der Waals surface area contributed by atoms with E-state index in [9.17, 15) is 5.11 Å². The van der Waals surface area contributed by atoms with Crippen molar-refractivity contribution in [2.75, 3.05) is 18.0 Å². The smallest absolute Gasteiger partial charge is 0.0957 e. The van der Waals surface area contributed by atoms with Gasteiger partial charge in [0.25, 0.3) is 0 Å². The highest BCUT2D eigenvalue weighted by Gasteiger charge is 2.08. The van der Waals surface area contributed by atoms with E-state index in [2.05, 4.69) is 23.4 Å². The van der Waals surface area contributed by atoms with Crippen molar-refractivity contribution in [2.45, 2.75) is 32.8 Å². The quantitative estimate of drug-likeness (QED) is 0.737. The van der Waals surface area contributed by atoms with Crippen molar-refractivity contribution >= 4 is 5.69 Å². The molecule has 0 fully saturated rings. The molecule has 1 atom stereocenters. The zero-order chi connectivity index (χ0) is 12.7. The molecule has 1 rings (SSSR count). The van der Waals surface area contributed by atoms with Crippen LogP contribution in [0.3, 0.4) is 0 Å². The van der Waals surface area contributed by atoms with Gasteiger partial charge in [0.05, 0.1) is 23.7 Å². The van der Waals surface area contributed by atoms with Crippen LogP contribution in [0.15, 0.2) is 31.0 Å². The zero-order valence-corrected chi connectivity index (χ0v) is 10.8. The fraction of sp³-hybridized carbons (Fsp3) is 0.500. The molecule has 1 aromatic rings. The van der Waals surface area contributed by atoms with Gasteiger partial charge in [-0.15, -0.1) is 6.58 Å². The molecule has 0 spiro atoms. The lowest BCUT2D eigenvalue weighted by molar-refractivity contribution is 0.169. The number of aliphatic hydroxyl groups is 1. The Hall–Kier alpha value is -1.35. The van der Waals surface area contributed by atoms with Crippen LogP contribution in [0, 0.1) is 0 Å². The van der Waals surface area contributed by atoms with Crippen molar-refractivity contribution in [1.29, 1.82) is 0 Å². The SMILES string of the molecule is C=CCN(CCC)c1ccc([C@@H](O)CC)nc1. The van der Waals surface area contributed by atoms with E-state index < -0.39 is 6.10 Å². The highest BCUT2D eigenvalue weighted by Crippen LogP contribution is 2.18. The topological polar surface area (TPSA) is 36.4 Å². The molecule has 1 aromatic heterocycles. The van der Waals surface area contributed by atoms with Gasteiger partial charge in [-0.25, -0.2) is 0 Å². The van der Waals surface area contributed by atoms with Crippen molar-refractivity contribution in [2.24, 2.45) is 0 Å². The second-order valence-corrected chi connectivity index (χ2v) is 4.10. The van der Waals surface area contributed by atoms with E-state index in [1.807, 2.05) is 31.3 Å². The lowest BCUT2D eigenvalue weighted by atomic mass is 10.2. The minimum atomic E-state index is -0.455. The fourth-order valence-electron chi connectivity index (χ4n) is 1.74. The first-order chi connectivity index (χ1) is 8.22. The standard InChI is InChI=1S/C14H22N2O/c1-4-9-16(10-5-2)12-7-8-13(15-11-12)14(17)6-3/h4,7-8,11,14,17H,1,5-6,9-10H2,2-3H3/t14-/m0/s1. The summed E-state index contributed by atoms with van der Waals surface area (Å²) in [4.78, 5) is 6.53. The monoisotopic (exact) mass is 234 g/mol. The molecule has 94 valence electrons. The van der Waals surface area contributed by atoms with E-state index in [1.165, 1.54) is 0 Å². The lowest BCUT2D eigenvalue weighted by Gasteiger charge is -2.22. The molecule has 0 saturated carbocycles. The predicted molar refractivity (Wildman–Crippen MR) is 72.2 cm³/mol. The highest BCUT2D eigenvalue weighted by atomic mass is 16.3. The maximum atomic E-state index is 9.67. The molecule has 0 aromatic carbocycles. The summed E-state index contributed by atoms with van der Waals surface area (Å²) in [6.45, 7) is 9.68. The highest BCUT2D eigenvalue weighted by molar-refractivity contribution is 5.45. The molecule has 17 heavy (non-hydrogen) atoms. The van der Waals surface area contributed by atoms with Crippen LogP contribution >= 0.6 is 0 Å². The molecule has 0 aliphatic heterocycles.